The molecule has 0 aromatic rings. The zero-order valence-electron chi connectivity index (χ0n) is 5.07. The lowest BCUT2D eigenvalue weighted by Crippen LogP contribution is -2.09. The van der Waals surface area contributed by atoms with E-state index in [0.29, 0.717) is 0 Å². The van der Waals surface area contributed by atoms with E-state index < -0.39 is 17.5 Å². The second-order valence-corrected chi connectivity index (χ2v) is 1.42. The molecule has 0 atom stereocenters. The summed E-state index contributed by atoms with van der Waals surface area (Å²) in [5.41, 5.74) is 0. The standard InChI is InChI=1S/C5H7NO4/c1-3(7)2-4(10-6)5(8)9/h2,7H,1,6H2,(H,8,9)/b4-2-. The third-order valence-corrected chi connectivity index (χ3v) is 0.635. The van der Waals surface area contributed by atoms with Gasteiger partial charge in [-0.2, -0.15) is 5.90 Å². The van der Waals surface area contributed by atoms with E-state index >= 15 is 0 Å². The molecule has 56 valence electrons. The molecule has 0 rings (SSSR count). The molecule has 0 aliphatic rings. The Balaban J connectivity index is 4.34. The van der Waals surface area contributed by atoms with Gasteiger partial charge in [-0.1, -0.05) is 6.58 Å². The Bertz CT molecular complexity index is 184. The minimum absolute atomic E-state index is 0.428. The molecule has 0 unspecified atom stereocenters. The van der Waals surface area contributed by atoms with Crippen LogP contribution in [0.2, 0.25) is 0 Å². The molecule has 5 nitrogen and oxygen atoms in total. The Kier molecular flexibility index (Phi) is 2.99. The summed E-state index contributed by atoms with van der Waals surface area (Å²) >= 11 is 0. The summed E-state index contributed by atoms with van der Waals surface area (Å²) in [6, 6.07) is 0. The molecule has 4 N–H and O–H groups in total. The Morgan fingerprint density at radius 2 is 2.10 bits per heavy atom. The molecule has 0 aliphatic carbocycles. The molecule has 5 heteroatoms. The fourth-order valence-electron chi connectivity index (χ4n) is 0.297. The number of carboxylic acids is 1. The lowest BCUT2D eigenvalue weighted by atomic mass is 10.4. The minimum atomic E-state index is -1.36. The van der Waals surface area contributed by atoms with E-state index in [2.05, 4.69) is 17.3 Å². The van der Waals surface area contributed by atoms with Crippen LogP contribution in [0.25, 0.3) is 0 Å². The summed E-state index contributed by atoms with van der Waals surface area (Å²) in [5.74, 6) is 2.17. The van der Waals surface area contributed by atoms with Crippen LogP contribution >= 0.6 is 0 Å². The third kappa shape index (κ3) is 2.73. The molecule has 0 aromatic carbocycles. The summed E-state index contributed by atoms with van der Waals surface area (Å²) in [4.78, 5) is 13.9. The Morgan fingerprint density at radius 3 is 2.20 bits per heavy atom. The van der Waals surface area contributed by atoms with Gasteiger partial charge in [-0.3, -0.25) is 0 Å². The van der Waals surface area contributed by atoms with E-state index in [1.165, 1.54) is 0 Å². The van der Waals surface area contributed by atoms with E-state index in [1.807, 2.05) is 0 Å². The maximum atomic E-state index is 10.0. The van der Waals surface area contributed by atoms with Crippen LogP contribution < -0.4 is 5.90 Å². The van der Waals surface area contributed by atoms with E-state index in [-0.39, 0.29) is 0 Å². The van der Waals surface area contributed by atoms with Crippen molar-refractivity contribution >= 4 is 5.97 Å². The van der Waals surface area contributed by atoms with Crippen molar-refractivity contribution in [1.29, 1.82) is 0 Å². The average Bonchev–Trinajstić information content (AvgIpc) is 1.81. The van der Waals surface area contributed by atoms with Crippen molar-refractivity contribution in [2.75, 3.05) is 0 Å². The van der Waals surface area contributed by atoms with Crippen molar-refractivity contribution in [2.24, 2.45) is 5.90 Å². The molecule has 0 saturated heterocycles. The second kappa shape index (κ2) is 3.52. The predicted molar refractivity (Wildman–Crippen MR) is 32.8 cm³/mol. The zero-order valence-corrected chi connectivity index (χ0v) is 5.07. The van der Waals surface area contributed by atoms with Crippen LogP contribution in [0.15, 0.2) is 24.2 Å². The van der Waals surface area contributed by atoms with Gasteiger partial charge in [0.1, 0.15) is 5.76 Å². The quantitative estimate of drug-likeness (QED) is 0.223. The highest BCUT2D eigenvalue weighted by molar-refractivity contribution is 5.84. The average molecular weight is 145 g/mol. The van der Waals surface area contributed by atoms with Gasteiger partial charge in [-0.25, -0.2) is 4.79 Å². The second-order valence-electron chi connectivity index (χ2n) is 1.42. The van der Waals surface area contributed by atoms with Crippen LogP contribution in [0.5, 0.6) is 0 Å². The molecule has 0 radical (unpaired) electrons. The van der Waals surface area contributed by atoms with Crippen molar-refractivity contribution in [3.05, 3.63) is 24.2 Å². The monoisotopic (exact) mass is 145 g/mol. The molecule has 0 aromatic heterocycles. The van der Waals surface area contributed by atoms with Gasteiger partial charge >= 0.3 is 5.97 Å². The van der Waals surface area contributed by atoms with Crippen LogP contribution in [0, 0.1) is 0 Å². The van der Waals surface area contributed by atoms with Gasteiger partial charge in [-0.05, 0) is 0 Å². The first kappa shape index (κ1) is 8.51. The molecule has 0 fully saturated rings. The van der Waals surface area contributed by atoms with Crippen LogP contribution in [0.1, 0.15) is 0 Å². The highest BCUT2D eigenvalue weighted by Crippen LogP contribution is 1.96. The van der Waals surface area contributed by atoms with Gasteiger partial charge in [0.15, 0.2) is 0 Å². The summed E-state index contributed by atoms with van der Waals surface area (Å²) in [6.07, 6.45) is 0.794. The van der Waals surface area contributed by atoms with E-state index in [9.17, 15) is 4.79 Å². The first-order chi connectivity index (χ1) is 4.57. The molecule has 0 bridgehead atoms. The molecule has 0 saturated carbocycles. The first-order valence-corrected chi connectivity index (χ1v) is 2.27. The minimum Gasteiger partial charge on any atom is -0.508 e. The Morgan fingerprint density at radius 1 is 1.60 bits per heavy atom. The summed E-state index contributed by atoms with van der Waals surface area (Å²) in [5, 5.41) is 16.6. The topological polar surface area (TPSA) is 92.8 Å². The van der Waals surface area contributed by atoms with E-state index in [0.717, 1.165) is 6.08 Å². The van der Waals surface area contributed by atoms with Gasteiger partial charge in [-0.15, -0.1) is 0 Å². The molecule has 0 aliphatic heterocycles. The summed E-state index contributed by atoms with van der Waals surface area (Å²) < 4.78 is 0. The van der Waals surface area contributed by atoms with Crippen molar-refractivity contribution < 1.29 is 19.8 Å². The number of hydrogen-bond acceptors (Lipinski definition) is 4. The lowest BCUT2D eigenvalue weighted by molar-refractivity contribution is -0.136. The van der Waals surface area contributed by atoms with Crippen LogP contribution in [-0.2, 0) is 9.63 Å². The third-order valence-electron chi connectivity index (χ3n) is 0.635. The summed E-state index contributed by atoms with van der Waals surface area (Å²) in [6.45, 7) is 3.01. The molecule has 10 heavy (non-hydrogen) atoms. The number of allylic oxidation sites excluding steroid dienone is 1. The van der Waals surface area contributed by atoms with E-state index in [4.69, 9.17) is 10.2 Å². The van der Waals surface area contributed by atoms with Gasteiger partial charge in [0, 0.05) is 6.08 Å². The number of aliphatic hydroxyl groups is 1. The number of carbonyl (C=O) groups is 1. The Labute approximate surface area is 57.0 Å². The van der Waals surface area contributed by atoms with Crippen LogP contribution in [0.3, 0.4) is 0 Å². The maximum absolute atomic E-state index is 10.0. The van der Waals surface area contributed by atoms with Crippen LogP contribution in [0.4, 0.5) is 0 Å². The fraction of sp³-hybridized carbons (Fsp3) is 0. The molecular weight excluding hydrogens is 138 g/mol. The SMILES string of the molecule is C=C(O)/C=C(\ON)C(=O)O. The lowest BCUT2D eigenvalue weighted by Gasteiger charge is -1.96. The first-order valence-electron chi connectivity index (χ1n) is 2.27. The maximum Gasteiger partial charge on any atom is 0.373 e. The molecule has 0 spiro atoms. The van der Waals surface area contributed by atoms with Gasteiger partial charge in [0.05, 0.1) is 0 Å². The highest BCUT2D eigenvalue weighted by Gasteiger charge is 2.06. The fourth-order valence-corrected chi connectivity index (χ4v) is 0.297. The molecular formula is C5H7NO4. The largest absolute Gasteiger partial charge is 0.508 e. The number of aliphatic hydroxyl groups excluding tert-OH is 1. The van der Waals surface area contributed by atoms with Crippen molar-refractivity contribution in [1.82, 2.24) is 0 Å². The number of carboxylic acid groups (broad SMARTS) is 1. The van der Waals surface area contributed by atoms with Gasteiger partial charge < -0.3 is 15.1 Å². The molecule has 0 amide bonds. The highest BCUT2D eigenvalue weighted by atomic mass is 16.6. The van der Waals surface area contributed by atoms with Gasteiger partial charge in [0.25, 0.3) is 0 Å². The van der Waals surface area contributed by atoms with Crippen molar-refractivity contribution in [3.8, 4) is 0 Å². The smallest absolute Gasteiger partial charge is 0.373 e. The van der Waals surface area contributed by atoms with Crippen LogP contribution in [-0.4, -0.2) is 16.2 Å². The van der Waals surface area contributed by atoms with Crippen molar-refractivity contribution in [3.63, 3.8) is 0 Å². The number of nitrogens with two attached hydrogens (primary N) is 1. The van der Waals surface area contributed by atoms with E-state index in [1.54, 1.807) is 0 Å². The summed E-state index contributed by atoms with van der Waals surface area (Å²) in [7, 11) is 0. The number of hydrogen-bond donors (Lipinski definition) is 3. The number of aliphatic carboxylic acids is 1. The molecule has 0 heterocycles. The Hall–Kier alpha value is -1.49. The van der Waals surface area contributed by atoms with Crippen molar-refractivity contribution in [2.45, 2.75) is 0 Å². The zero-order chi connectivity index (χ0) is 8.15. The number of rotatable bonds is 3. The normalized spacial score (nSPS) is 10.7. The van der Waals surface area contributed by atoms with Gasteiger partial charge in [0.2, 0.25) is 5.76 Å². The predicted octanol–water partition coefficient (Wildman–Crippen LogP) is -0.0831.